The molecule has 2 aromatic carbocycles. The standard InChI is InChI=1S/C22H20FN3O2S/c1-15(2)14-26-21(27)20(13-16-4-3-5-19(12-16)28-11-10-24)29-22(26)25-18-8-6-17(23)7-9-18/h3-9,12-13,15H,11,14H2,1-2H3/b20-13+,25-22?. The summed E-state index contributed by atoms with van der Waals surface area (Å²) >= 11 is 1.29. The number of nitrogens with zero attached hydrogens (tertiary/aromatic N) is 3. The van der Waals surface area contributed by atoms with Crippen LogP contribution >= 0.6 is 11.8 Å². The number of thioether (sulfide) groups is 1. The van der Waals surface area contributed by atoms with Crippen molar-refractivity contribution in [3.8, 4) is 11.8 Å². The van der Waals surface area contributed by atoms with Crippen molar-refractivity contribution < 1.29 is 13.9 Å². The predicted molar refractivity (Wildman–Crippen MR) is 113 cm³/mol. The lowest BCUT2D eigenvalue weighted by atomic mass is 10.2. The second-order valence-corrected chi connectivity index (χ2v) is 7.82. The molecule has 1 aliphatic heterocycles. The predicted octanol–water partition coefficient (Wildman–Crippen LogP) is 4.99. The van der Waals surface area contributed by atoms with Gasteiger partial charge >= 0.3 is 0 Å². The summed E-state index contributed by atoms with van der Waals surface area (Å²) in [5.41, 5.74) is 1.38. The summed E-state index contributed by atoms with van der Waals surface area (Å²) in [6.07, 6.45) is 1.78. The van der Waals surface area contributed by atoms with Gasteiger partial charge in [-0.15, -0.1) is 0 Å². The van der Waals surface area contributed by atoms with E-state index in [4.69, 9.17) is 10.00 Å². The maximum absolute atomic E-state index is 13.2. The molecule has 0 radical (unpaired) electrons. The first-order valence-corrected chi connectivity index (χ1v) is 9.93. The third-order valence-corrected chi connectivity index (χ3v) is 4.95. The van der Waals surface area contributed by atoms with Crippen molar-refractivity contribution >= 4 is 34.6 Å². The molecule has 1 saturated heterocycles. The monoisotopic (exact) mass is 409 g/mol. The lowest BCUT2D eigenvalue weighted by Crippen LogP contribution is -2.32. The van der Waals surface area contributed by atoms with E-state index in [2.05, 4.69) is 4.99 Å². The molecular weight excluding hydrogens is 389 g/mol. The molecule has 1 heterocycles. The first-order chi connectivity index (χ1) is 14.0. The van der Waals surface area contributed by atoms with Crippen molar-refractivity contribution in [2.75, 3.05) is 13.2 Å². The van der Waals surface area contributed by atoms with Crippen LogP contribution in [0, 0.1) is 23.1 Å². The highest BCUT2D eigenvalue weighted by atomic mass is 32.2. The molecule has 1 fully saturated rings. The third-order valence-electron chi connectivity index (χ3n) is 3.95. The van der Waals surface area contributed by atoms with Gasteiger partial charge in [0.25, 0.3) is 5.91 Å². The van der Waals surface area contributed by atoms with Crippen molar-refractivity contribution in [1.82, 2.24) is 4.90 Å². The SMILES string of the molecule is CC(C)CN1C(=O)/C(=C\c2cccc(OCC#N)c2)SC1=Nc1ccc(F)cc1. The van der Waals surface area contributed by atoms with E-state index in [1.165, 1.54) is 23.9 Å². The molecule has 0 unspecified atom stereocenters. The van der Waals surface area contributed by atoms with Gasteiger partial charge in [0, 0.05) is 6.54 Å². The van der Waals surface area contributed by atoms with Crippen LogP contribution in [-0.2, 0) is 4.79 Å². The van der Waals surface area contributed by atoms with Crippen LogP contribution in [0.4, 0.5) is 10.1 Å². The quantitative estimate of drug-likeness (QED) is 0.631. The Balaban J connectivity index is 1.90. The van der Waals surface area contributed by atoms with E-state index in [1.807, 2.05) is 32.0 Å². The van der Waals surface area contributed by atoms with Crippen LogP contribution in [0.2, 0.25) is 0 Å². The highest BCUT2D eigenvalue weighted by Crippen LogP contribution is 2.35. The van der Waals surface area contributed by atoms with Gasteiger partial charge in [-0.1, -0.05) is 26.0 Å². The molecule has 0 aliphatic carbocycles. The van der Waals surface area contributed by atoms with Gasteiger partial charge in [-0.05, 0) is 65.7 Å². The molecule has 3 rings (SSSR count). The summed E-state index contributed by atoms with van der Waals surface area (Å²) in [7, 11) is 0. The lowest BCUT2D eigenvalue weighted by Gasteiger charge is -2.17. The zero-order chi connectivity index (χ0) is 20.8. The van der Waals surface area contributed by atoms with Crippen molar-refractivity contribution in [2.24, 2.45) is 10.9 Å². The first-order valence-electron chi connectivity index (χ1n) is 9.12. The molecule has 0 atom stereocenters. The third kappa shape index (κ3) is 5.46. The number of amides is 1. The molecular formula is C22H20FN3O2S. The van der Waals surface area contributed by atoms with Crippen LogP contribution in [0.5, 0.6) is 5.75 Å². The summed E-state index contributed by atoms with van der Waals surface area (Å²) in [5, 5.41) is 9.22. The van der Waals surface area contributed by atoms with Crippen LogP contribution in [-0.4, -0.2) is 29.1 Å². The molecule has 1 aliphatic rings. The first kappa shape index (κ1) is 20.6. The Morgan fingerprint density at radius 1 is 1.28 bits per heavy atom. The Morgan fingerprint density at radius 2 is 2.03 bits per heavy atom. The Hall–Kier alpha value is -3.11. The maximum atomic E-state index is 13.2. The number of hydrogen-bond donors (Lipinski definition) is 0. The van der Waals surface area contributed by atoms with E-state index in [9.17, 15) is 9.18 Å². The van der Waals surface area contributed by atoms with Gasteiger partial charge in [-0.3, -0.25) is 9.69 Å². The van der Waals surface area contributed by atoms with Crippen LogP contribution in [0.25, 0.3) is 6.08 Å². The average molecular weight is 409 g/mol. The highest BCUT2D eigenvalue weighted by Gasteiger charge is 2.33. The van der Waals surface area contributed by atoms with Gasteiger partial charge in [0.05, 0.1) is 10.6 Å². The molecule has 0 spiro atoms. The van der Waals surface area contributed by atoms with Crippen molar-refractivity contribution in [3.05, 3.63) is 64.8 Å². The van der Waals surface area contributed by atoms with Gasteiger partial charge < -0.3 is 4.74 Å². The number of amidine groups is 1. The number of halogens is 1. The number of ether oxygens (including phenoxy) is 1. The van der Waals surface area contributed by atoms with E-state index < -0.39 is 0 Å². The molecule has 0 N–H and O–H groups in total. The van der Waals surface area contributed by atoms with Gasteiger partial charge in [-0.25, -0.2) is 9.38 Å². The number of carbonyl (C=O) groups excluding carboxylic acids is 1. The zero-order valence-electron chi connectivity index (χ0n) is 16.1. The maximum Gasteiger partial charge on any atom is 0.266 e. The highest BCUT2D eigenvalue weighted by molar-refractivity contribution is 8.18. The molecule has 0 saturated carbocycles. The van der Waals surface area contributed by atoms with Crippen molar-refractivity contribution in [3.63, 3.8) is 0 Å². The number of benzene rings is 2. The van der Waals surface area contributed by atoms with E-state index in [1.54, 1.807) is 35.2 Å². The molecule has 5 nitrogen and oxygen atoms in total. The number of hydrogen-bond acceptors (Lipinski definition) is 5. The molecule has 2 aromatic rings. The summed E-state index contributed by atoms with van der Waals surface area (Å²) < 4.78 is 18.5. The minimum atomic E-state index is -0.331. The van der Waals surface area contributed by atoms with E-state index in [-0.39, 0.29) is 24.2 Å². The van der Waals surface area contributed by atoms with E-state index in [0.29, 0.717) is 28.1 Å². The van der Waals surface area contributed by atoms with Gasteiger partial charge in [0.2, 0.25) is 0 Å². The fraction of sp³-hybridized carbons (Fsp3) is 0.227. The normalized spacial score (nSPS) is 16.7. The van der Waals surface area contributed by atoms with Crippen LogP contribution in [0.15, 0.2) is 58.4 Å². The zero-order valence-corrected chi connectivity index (χ0v) is 16.9. The number of aliphatic imine (C=N–C) groups is 1. The van der Waals surface area contributed by atoms with Crippen molar-refractivity contribution in [1.29, 1.82) is 5.26 Å². The summed E-state index contributed by atoms with van der Waals surface area (Å²) in [4.78, 5) is 19.7. The number of carbonyl (C=O) groups is 1. The second-order valence-electron chi connectivity index (χ2n) is 6.81. The topological polar surface area (TPSA) is 65.7 Å². The Kier molecular flexibility index (Phi) is 6.68. The Morgan fingerprint density at radius 3 is 2.72 bits per heavy atom. The smallest absolute Gasteiger partial charge is 0.266 e. The van der Waals surface area contributed by atoms with Gasteiger partial charge in [-0.2, -0.15) is 5.26 Å². The summed E-state index contributed by atoms with van der Waals surface area (Å²) in [6.45, 7) is 4.56. The van der Waals surface area contributed by atoms with Gasteiger partial charge in [0.1, 0.15) is 17.6 Å². The van der Waals surface area contributed by atoms with E-state index >= 15 is 0 Å². The Labute approximate surface area is 173 Å². The second kappa shape index (κ2) is 9.39. The van der Waals surface area contributed by atoms with Crippen LogP contribution in [0.1, 0.15) is 19.4 Å². The molecule has 0 bridgehead atoms. The number of nitriles is 1. The minimum Gasteiger partial charge on any atom is -0.479 e. The minimum absolute atomic E-state index is 0.0374. The molecule has 1 amide bonds. The van der Waals surface area contributed by atoms with Gasteiger partial charge in [0.15, 0.2) is 11.8 Å². The summed E-state index contributed by atoms with van der Waals surface area (Å²) in [6, 6.07) is 15.0. The molecule has 0 aromatic heterocycles. The lowest BCUT2D eigenvalue weighted by molar-refractivity contribution is -0.122. The molecule has 7 heteroatoms. The number of rotatable bonds is 6. The fourth-order valence-electron chi connectivity index (χ4n) is 2.70. The van der Waals surface area contributed by atoms with Crippen LogP contribution < -0.4 is 4.74 Å². The summed E-state index contributed by atoms with van der Waals surface area (Å²) in [5.74, 6) is 0.380. The molecule has 148 valence electrons. The largest absolute Gasteiger partial charge is 0.479 e. The van der Waals surface area contributed by atoms with Crippen LogP contribution in [0.3, 0.4) is 0 Å². The van der Waals surface area contributed by atoms with Crippen molar-refractivity contribution in [2.45, 2.75) is 13.8 Å². The van der Waals surface area contributed by atoms with E-state index in [0.717, 1.165) is 5.56 Å². The average Bonchev–Trinajstić information content (AvgIpc) is 2.97. The molecule has 29 heavy (non-hydrogen) atoms. The fourth-order valence-corrected chi connectivity index (χ4v) is 3.71. The Bertz CT molecular complexity index is 994.